The molecule has 10 nitrogen and oxygen atoms in total. The van der Waals surface area contributed by atoms with Crippen LogP contribution < -0.4 is 10.8 Å². The molecule has 0 unspecified atom stereocenters. The molecule has 0 bridgehead atoms. The maximum absolute atomic E-state index is 11.9. The summed E-state index contributed by atoms with van der Waals surface area (Å²) in [5, 5.41) is 2.69. The molecule has 1 heterocycles. The standard InChI is InChI=1S/C20H31N3O7/c1-14(24)10-20(4,5)29-13-19(2,3)12-21-16(26)11-30-22-15(25)8-9-23-17(27)6-7-18(23)28/h6-7H,8-13H2,1-5H3,(H,21,26)(H,22,25). The fourth-order valence-corrected chi connectivity index (χ4v) is 2.58. The van der Waals surface area contributed by atoms with Gasteiger partial charge in [0.15, 0.2) is 6.61 Å². The summed E-state index contributed by atoms with van der Waals surface area (Å²) < 4.78 is 5.82. The summed E-state index contributed by atoms with van der Waals surface area (Å²) in [5.74, 6) is -1.88. The number of Topliss-reactive ketones (excluding diaryl/α,β-unsaturated/α-hetero) is 1. The van der Waals surface area contributed by atoms with Crippen LogP contribution >= 0.6 is 0 Å². The minimum atomic E-state index is -0.582. The van der Waals surface area contributed by atoms with Crippen LogP contribution in [-0.2, 0) is 33.5 Å². The summed E-state index contributed by atoms with van der Waals surface area (Å²) >= 11 is 0. The van der Waals surface area contributed by atoms with Gasteiger partial charge in [0.2, 0.25) is 11.8 Å². The first-order chi connectivity index (χ1) is 13.8. The second-order valence-electron chi connectivity index (χ2n) is 8.59. The molecule has 1 aliphatic heterocycles. The van der Waals surface area contributed by atoms with E-state index in [0.717, 1.165) is 17.1 Å². The Morgan fingerprint density at radius 3 is 2.20 bits per heavy atom. The molecule has 0 atom stereocenters. The van der Waals surface area contributed by atoms with E-state index in [4.69, 9.17) is 9.57 Å². The lowest BCUT2D eigenvalue weighted by molar-refractivity contribution is -0.140. The Bertz CT molecular complexity index is 695. The number of rotatable bonds is 13. The summed E-state index contributed by atoms with van der Waals surface area (Å²) in [7, 11) is 0. The van der Waals surface area contributed by atoms with E-state index in [-0.39, 0.29) is 30.8 Å². The minimum absolute atomic E-state index is 0.0422. The number of ketones is 1. The first-order valence-corrected chi connectivity index (χ1v) is 9.66. The average Bonchev–Trinajstić information content (AvgIpc) is 2.94. The lowest BCUT2D eigenvalue weighted by atomic mass is 9.93. The Balaban J connectivity index is 2.22. The molecule has 1 rings (SSSR count). The van der Waals surface area contributed by atoms with Gasteiger partial charge in [-0.2, -0.15) is 0 Å². The van der Waals surface area contributed by atoms with Crippen LogP contribution in [0.15, 0.2) is 12.2 Å². The summed E-state index contributed by atoms with van der Waals surface area (Å²) in [6.45, 7) is 9.21. The first-order valence-electron chi connectivity index (χ1n) is 9.66. The van der Waals surface area contributed by atoms with Crippen LogP contribution in [0.25, 0.3) is 0 Å². The molecular formula is C20H31N3O7. The van der Waals surface area contributed by atoms with E-state index in [2.05, 4.69) is 10.8 Å². The second kappa shape index (κ2) is 11.0. The van der Waals surface area contributed by atoms with Crippen molar-refractivity contribution < 1.29 is 33.5 Å². The predicted molar refractivity (Wildman–Crippen MR) is 107 cm³/mol. The topological polar surface area (TPSA) is 131 Å². The fraction of sp³-hybridized carbons (Fsp3) is 0.650. The molecule has 0 saturated carbocycles. The van der Waals surface area contributed by atoms with Crippen molar-refractivity contribution in [2.45, 2.75) is 53.1 Å². The number of carbonyl (C=O) groups is 5. The SMILES string of the molecule is CC(=O)CC(C)(C)OCC(C)(C)CNC(=O)CONC(=O)CCN1C(=O)C=CC1=O. The molecule has 0 aliphatic carbocycles. The lowest BCUT2D eigenvalue weighted by Gasteiger charge is -2.31. The van der Waals surface area contributed by atoms with Crippen molar-refractivity contribution in [1.82, 2.24) is 15.7 Å². The maximum atomic E-state index is 11.9. The van der Waals surface area contributed by atoms with E-state index in [1.807, 2.05) is 27.7 Å². The van der Waals surface area contributed by atoms with Crippen LogP contribution in [0, 0.1) is 5.41 Å². The van der Waals surface area contributed by atoms with Crippen LogP contribution in [0.5, 0.6) is 0 Å². The zero-order chi connectivity index (χ0) is 22.9. The Morgan fingerprint density at radius 2 is 1.63 bits per heavy atom. The molecule has 2 N–H and O–H groups in total. The number of hydrogen-bond acceptors (Lipinski definition) is 7. The fourth-order valence-electron chi connectivity index (χ4n) is 2.58. The van der Waals surface area contributed by atoms with E-state index in [1.54, 1.807) is 0 Å². The van der Waals surface area contributed by atoms with Crippen molar-refractivity contribution in [3.63, 3.8) is 0 Å². The Morgan fingerprint density at radius 1 is 1.03 bits per heavy atom. The highest BCUT2D eigenvalue weighted by molar-refractivity contribution is 6.13. The van der Waals surface area contributed by atoms with Gasteiger partial charge in [0.1, 0.15) is 5.78 Å². The number of hydroxylamine groups is 1. The van der Waals surface area contributed by atoms with E-state index < -0.39 is 29.2 Å². The van der Waals surface area contributed by atoms with Crippen LogP contribution in [0.3, 0.4) is 0 Å². The molecule has 0 radical (unpaired) electrons. The highest BCUT2D eigenvalue weighted by atomic mass is 16.7. The summed E-state index contributed by atoms with van der Waals surface area (Å²) in [4.78, 5) is 63.4. The quantitative estimate of drug-likeness (QED) is 0.320. The number of nitrogens with one attached hydrogen (secondary N) is 2. The summed E-state index contributed by atoms with van der Waals surface area (Å²) in [6, 6.07) is 0. The predicted octanol–water partition coefficient (Wildman–Crippen LogP) is 0.266. The van der Waals surface area contributed by atoms with Crippen molar-refractivity contribution in [2.24, 2.45) is 5.41 Å². The molecule has 0 aromatic heterocycles. The van der Waals surface area contributed by atoms with Gasteiger partial charge in [-0.25, -0.2) is 5.48 Å². The van der Waals surface area contributed by atoms with E-state index in [9.17, 15) is 24.0 Å². The van der Waals surface area contributed by atoms with Gasteiger partial charge in [0.05, 0.1) is 12.2 Å². The summed E-state index contributed by atoms with van der Waals surface area (Å²) in [5.41, 5.74) is 1.14. The van der Waals surface area contributed by atoms with E-state index >= 15 is 0 Å². The summed E-state index contributed by atoms with van der Waals surface area (Å²) in [6.07, 6.45) is 2.44. The molecule has 0 aromatic rings. The van der Waals surface area contributed by atoms with Crippen molar-refractivity contribution >= 4 is 29.4 Å². The molecule has 168 valence electrons. The number of nitrogens with zero attached hydrogens (tertiary/aromatic N) is 1. The highest BCUT2D eigenvalue weighted by Gasteiger charge is 2.27. The largest absolute Gasteiger partial charge is 0.374 e. The van der Waals surface area contributed by atoms with Crippen molar-refractivity contribution in [2.75, 3.05) is 26.3 Å². The number of amides is 4. The van der Waals surface area contributed by atoms with Gasteiger partial charge in [0, 0.05) is 43.5 Å². The zero-order valence-electron chi connectivity index (χ0n) is 18.2. The van der Waals surface area contributed by atoms with Crippen molar-refractivity contribution in [3.8, 4) is 0 Å². The molecule has 0 aromatic carbocycles. The second-order valence-corrected chi connectivity index (χ2v) is 8.59. The van der Waals surface area contributed by atoms with Crippen molar-refractivity contribution in [3.05, 3.63) is 12.2 Å². The average molecular weight is 425 g/mol. The van der Waals surface area contributed by atoms with Gasteiger partial charge >= 0.3 is 0 Å². The number of ether oxygens (including phenoxy) is 1. The van der Waals surface area contributed by atoms with E-state index in [1.165, 1.54) is 6.92 Å². The van der Waals surface area contributed by atoms with Gasteiger partial charge in [-0.15, -0.1) is 0 Å². The number of imide groups is 1. The Hall–Kier alpha value is -2.59. The molecule has 1 aliphatic rings. The molecule has 0 fully saturated rings. The maximum Gasteiger partial charge on any atom is 0.253 e. The monoisotopic (exact) mass is 425 g/mol. The van der Waals surface area contributed by atoms with E-state index in [0.29, 0.717) is 19.6 Å². The smallest absolute Gasteiger partial charge is 0.253 e. The van der Waals surface area contributed by atoms with Crippen LogP contribution in [0.4, 0.5) is 0 Å². The number of hydrogen-bond donors (Lipinski definition) is 2. The van der Waals surface area contributed by atoms with Gasteiger partial charge in [-0.1, -0.05) is 13.8 Å². The third-order valence-electron chi connectivity index (χ3n) is 4.14. The van der Waals surface area contributed by atoms with Gasteiger partial charge in [0.25, 0.3) is 11.8 Å². The normalized spacial score (nSPS) is 14.2. The molecule has 0 saturated heterocycles. The van der Waals surface area contributed by atoms with Crippen LogP contribution in [0.2, 0.25) is 0 Å². The Labute approximate surface area is 176 Å². The minimum Gasteiger partial charge on any atom is -0.374 e. The van der Waals surface area contributed by atoms with Crippen LogP contribution in [0.1, 0.15) is 47.5 Å². The van der Waals surface area contributed by atoms with Crippen molar-refractivity contribution in [1.29, 1.82) is 0 Å². The van der Waals surface area contributed by atoms with Gasteiger partial charge in [-0.05, 0) is 20.8 Å². The third kappa shape index (κ3) is 9.75. The molecule has 10 heteroatoms. The Kier molecular flexibility index (Phi) is 9.31. The third-order valence-corrected chi connectivity index (χ3v) is 4.14. The molecule has 0 spiro atoms. The lowest BCUT2D eigenvalue weighted by Crippen LogP contribution is -2.41. The van der Waals surface area contributed by atoms with Gasteiger partial charge < -0.3 is 10.1 Å². The highest BCUT2D eigenvalue weighted by Crippen LogP contribution is 2.21. The first kappa shape index (κ1) is 25.4. The molecule has 4 amide bonds. The van der Waals surface area contributed by atoms with Crippen LogP contribution in [-0.4, -0.2) is 66.2 Å². The molecule has 30 heavy (non-hydrogen) atoms. The number of carbonyl (C=O) groups excluding carboxylic acids is 5. The zero-order valence-corrected chi connectivity index (χ0v) is 18.2. The van der Waals surface area contributed by atoms with Gasteiger partial charge in [-0.3, -0.25) is 33.7 Å². The molecular weight excluding hydrogens is 394 g/mol.